The molecule has 0 radical (unpaired) electrons. The maximum Gasteiger partial charge on any atom is 0.115 e. The Morgan fingerprint density at radius 3 is 2.78 bits per heavy atom. The first-order valence-electron chi connectivity index (χ1n) is 9.10. The minimum atomic E-state index is 0.350. The van der Waals surface area contributed by atoms with Gasteiger partial charge >= 0.3 is 0 Å². The molecular formula is C19H31N3O. The molecule has 2 heterocycles. The van der Waals surface area contributed by atoms with E-state index in [0.717, 1.165) is 30.8 Å². The fourth-order valence-corrected chi connectivity index (χ4v) is 4.28. The number of nitrogens with zero attached hydrogens (tertiary/aromatic N) is 1. The van der Waals surface area contributed by atoms with Gasteiger partial charge < -0.3 is 5.11 Å². The van der Waals surface area contributed by atoms with Crippen LogP contribution in [0.1, 0.15) is 38.7 Å². The van der Waals surface area contributed by atoms with E-state index in [1.54, 1.807) is 12.1 Å². The Balaban J connectivity index is 1.58. The monoisotopic (exact) mass is 317 g/mol. The number of nitrogens with one attached hydrogen (secondary N) is 2. The Kier molecular flexibility index (Phi) is 5.57. The van der Waals surface area contributed by atoms with Crippen molar-refractivity contribution in [3.8, 4) is 5.75 Å². The molecule has 2 aliphatic rings. The number of phenolic OH excluding ortho intramolecular Hbond substituents is 1. The van der Waals surface area contributed by atoms with Crippen molar-refractivity contribution in [2.45, 2.75) is 45.7 Å². The van der Waals surface area contributed by atoms with Gasteiger partial charge in [0.1, 0.15) is 5.75 Å². The van der Waals surface area contributed by atoms with Gasteiger partial charge in [0, 0.05) is 25.7 Å². The number of phenols is 1. The summed E-state index contributed by atoms with van der Waals surface area (Å²) < 4.78 is 0. The van der Waals surface area contributed by atoms with Crippen LogP contribution in [-0.4, -0.2) is 35.7 Å². The normalized spacial score (nSPS) is 29.3. The number of hydrogen-bond acceptors (Lipinski definition) is 4. The topological polar surface area (TPSA) is 47.5 Å². The molecule has 3 N–H and O–H groups in total. The molecule has 3 rings (SSSR count). The van der Waals surface area contributed by atoms with Crippen LogP contribution < -0.4 is 10.9 Å². The SMILES string of the molecule is CC(C)CC1CNNC1C1CCCN(Cc2ccc(O)cc2)C1. The van der Waals surface area contributed by atoms with Crippen LogP contribution in [0.25, 0.3) is 0 Å². The second-order valence-corrected chi connectivity index (χ2v) is 7.74. The maximum atomic E-state index is 9.42. The van der Waals surface area contributed by atoms with E-state index in [1.807, 2.05) is 12.1 Å². The standard InChI is InChI=1S/C19H31N3O/c1-14(2)10-17-11-20-21-19(17)16-4-3-9-22(13-16)12-15-5-7-18(23)8-6-15/h5-8,14,16-17,19-21,23H,3-4,9-13H2,1-2H3. The highest BCUT2D eigenvalue weighted by Gasteiger charge is 2.35. The summed E-state index contributed by atoms with van der Waals surface area (Å²) in [4.78, 5) is 2.58. The highest BCUT2D eigenvalue weighted by atomic mass is 16.3. The van der Waals surface area contributed by atoms with Crippen molar-refractivity contribution in [1.29, 1.82) is 0 Å². The van der Waals surface area contributed by atoms with Gasteiger partial charge in [0.15, 0.2) is 0 Å². The average molecular weight is 317 g/mol. The summed E-state index contributed by atoms with van der Waals surface area (Å²) >= 11 is 0. The molecule has 0 bridgehead atoms. The van der Waals surface area contributed by atoms with Crippen LogP contribution in [0.3, 0.4) is 0 Å². The first-order valence-corrected chi connectivity index (χ1v) is 9.10. The summed E-state index contributed by atoms with van der Waals surface area (Å²) in [5, 5.41) is 9.42. The van der Waals surface area contributed by atoms with Crippen molar-refractivity contribution < 1.29 is 5.11 Å². The lowest BCUT2D eigenvalue weighted by Gasteiger charge is -2.37. The van der Waals surface area contributed by atoms with Gasteiger partial charge in [-0.15, -0.1) is 0 Å². The molecule has 0 amide bonds. The van der Waals surface area contributed by atoms with Gasteiger partial charge in [0.05, 0.1) is 0 Å². The van der Waals surface area contributed by atoms with Crippen molar-refractivity contribution in [1.82, 2.24) is 15.8 Å². The third-order valence-corrected chi connectivity index (χ3v) is 5.31. The van der Waals surface area contributed by atoms with Crippen LogP contribution >= 0.6 is 0 Å². The Morgan fingerprint density at radius 1 is 1.26 bits per heavy atom. The molecule has 128 valence electrons. The molecule has 2 saturated heterocycles. The average Bonchev–Trinajstić information content (AvgIpc) is 2.97. The zero-order chi connectivity index (χ0) is 16.2. The first-order chi connectivity index (χ1) is 11.1. The molecule has 0 aromatic heterocycles. The number of hydrogen-bond donors (Lipinski definition) is 3. The molecule has 0 saturated carbocycles. The summed E-state index contributed by atoms with van der Waals surface area (Å²) in [6.45, 7) is 9.12. The van der Waals surface area contributed by atoms with Crippen molar-refractivity contribution >= 4 is 0 Å². The highest BCUT2D eigenvalue weighted by molar-refractivity contribution is 5.25. The second-order valence-electron chi connectivity index (χ2n) is 7.74. The largest absolute Gasteiger partial charge is 0.508 e. The van der Waals surface area contributed by atoms with Crippen molar-refractivity contribution in [2.24, 2.45) is 17.8 Å². The Morgan fingerprint density at radius 2 is 2.04 bits per heavy atom. The van der Waals surface area contributed by atoms with Gasteiger partial charge in [-0.1, -0.05) is 26.0 Å². The van der Waals surface area contributed by atoms with Crippen LogP contribution in [0, 0.1) is 17.8 Å². The number of piperidine rings is 1. The third kappa shape index (κ3) is 4.46. The van der Waals surface area contributed by atoms with E-state index in [1.165, 1.54) is 37.9 Å². The van der Waals surface area contributed by atoms with Gasteiger partial charge in [-0.25, -0.2) is 0 Å². The summed E-state index contributed by atoms with van der Waals surface area (Å²) in [5.74, 6) is 2.61. The van der Waals surface area contributed by atoms with E-state index in [2.05, 4.69) is 29.6 Å². The van der Waals surface area contributed by atoms with E-state index in [-0.39, 0.29) is 0 Å². The van der Waals surface area contributed by atoms with Crippen LogP contribution in [-0.2, 0) is 6.54 Å². The van der Waals surface area contributed by atoms with E-state index < -0.39 is 0 Å². The Hall–Kier alpha value is -1.10. The van der Waals surface area contributed by atoms with Gasteiger partial charge in [-0.2, -0.15) is 0 Å². The number of benzene rings is 1. The molecule has 0 spiro atoms. The molecule has 0 aliphatic carbocycles. The summed E-state index contributed by atoms with van der Waals surface area (Å²) in [6.07, 6.45) is 3.93. The molecule has 4 heteroatoms. The fourth-order valence-electron chi connectivity index (χ4n) is 4.28. The number of likely N-dealkylation sites (tertiary alicyclic amines) is 1. The fraction of sp³-hybridized carbons (Fsp3) is 0.684. The molecule has 2 fully saturated rings. The lowest BCUT2D eigenvalue weighted by atomic mass is 9.81. The van der Waals surface area contributed by atoms with E-state index in [9.17, 15) is 5.11 Å². The molecule has 2 aliphatic heterocycles. The van der Waals surface area contributed by atoms with Crippen molar-refractivity contribution in [3.63, 3.8) is 0 Å². The lowest BCUT2D eigenvalue weighted by molar-refractivity contribution is 0.128. The summed E-state index contributed by atoms with van der Waals surface area (Å²) in [7, 11) is 0. The first kappa shape index (κ1) is 16.7. The van der Waals surface area contributed by atoms with E-state index >= 15 is 0 Å². The quantitative estimate of drug-likeness (QED) is 0.781. The van der Waals surface area contributed by atoms with E-state index in [4.69, 9.17) is 0 Å². The van der Waals surface area contributed by atoms with Gasteiger partial charge in [-0.3, -0.25) is 15.8 Å². The number of hydrazine groups is 1. The van der Waals surface area contributed by atoms with Crippen LogP contribution in [0.15, 0.2) is 24.3 Å². The molecular weight excluding hydrogens is 286 g/mol. The third-order valence-electron chi connectivity index (χ3n) is 5.31. The molecule has 3 atom stereocenters. The van der Waals surface area contributed by atoms with E-state index in [0.29, 0.717) is 11.8 Å². The smallest absolute Gasteiger partial charge is 0.115 e. The summed E-state index contributed by atoms with van der Waals surface area (Å²) in [5.41, 5.74) is 8.25. The minimum Gasteiger partial charge on any atom is -0.508 e. The molecule has 4 nitrogen and oxygen atoms in total. The molecule has 1 aromatic rings. The Labute approximate surface area is 140 Å². The van der Waals surface area contributed by atoms with Crippen molar-refractivity contribution in [2.75, 3.05) is 19.6 Å². The Bertz CT molecular complexity index is 488. The highest BCUT2D eigenvalue weighted by Crippen LogP contribution is 2.29. The van der Waals surface area contributed by atoms with Gasteiger partial charge in [0.2, 0.25) is 0 Å². The zero-order valence-corrected chi connectivity index (χ0v) is 14.5. The second kappa shape index (κ2) is 7.65. The van der Waals surface area contributed by atoms with Gasteiger partial charge in [-0.05, 0) is 61.3 Å². The van der Waals surface area contributed by atoms with Crippen LogP contribution in [0.5, 0.6) is 5.75 Å². The number of rotatable bonds is 5. The number of aromatic hydroxyl groups is 1. The molecule has 3 unspecified atom stereocenters. The molecule has 1 aromatic carbocycles. The zero-order valence-electron chi connectivity index (χ0n) is 14.5. The lowest BCUT2D eigenvalue weighted by Crippen LogP contribution is -2.46. The maximum absolute atomic E-state index is 9.42. The van der Waals surface area contributed by atoms with Crippen LogP contribution in [0.2, 0.25) is 0 Å². The predicted molar refractivity (Wildman–Crippen MR) is 94.0 cm³/mol. The van der Waals surface area contributed by atoms with Crippen LogP contribution in [0.4, 0.5) is 0 Å². The predicted octanol–water partition coefficient (Wildman–Crippen LogP) is 2.74. The van der Waals surface area contributed by atoms with Gasteiger partial charge in [0.25, 0.3) is 0 Å². The summed E-state index contributed by atoms with van der Waals surface area (Å²) in [6, 6.07) is 8.27. The minimum absolute atomic E-state index is 0.350. The van der Waals surface area contributed by atoms with Crippen molar-refractivity contribution in [3.05, 3.63) is 29.8 Å². The molecule has 23 heavy (non-hydrogen) atoms.